The van der Waals surface area contributed by atoms with E-state index in [2.05, 4.69) is 30.8 Å². The summed E-state index contributed by atoms with van der Waals surface area (Å²) < 4.78 is 0. The number of aliphatic imine (C=N–C) groups is 1. The third-order valence-electron chi connectivity index (χ3n) is 1.15. The molecule has 1 N–H and O–H groups in total. The number of nitrogens with one attached hydrogen (secondary N) is 1. The smallest absolute Gasteiger partial charge is 0.195 e. The van der Waals surface area contributed by atoms with E-state index < -0.39 is 0 Å². The Morgan fingerprint density at radius 1 is 1.75 bits per heavy atom. The molecule has 2 nitrogen and oxygen atoms in total. The third-order valence-corrected chi connectivity index (χ3v) is 1.15. The first-order valence-corrected chi connectivity index (χ1v) is 2.74. The summed E-state index contributed by atoms with van der Waals surface area (Å²) in [5, 5.41) is 3.01. The van der Waals surface area contributed by atoms with Crippen molar-refractivity contribution in [3.8, 4) is 0 Å². The van der Waals surface area contributed by atoms with Crippen molar-refractivity contribution in [3.05, 3.63) is 6.67 Å². The maximum Gasteiger partial charge on any atom is 0.195 e. The van der Waals surface area contributed by atoms with Gasteiger partial charge >= 0.3 is 0 Å². The minimum atomic E-state index is 0.168. The Labute approximate surface area is 50.0 Å². The van der Waals surface area contributed by atoms with E-state index in [1.807, 2.05) is 6.21 Å². The molecule has 1 aliphatic rings. The van der Waals surface area contributed by atoms with E-state index in [1.165, 1.54) is 0 Å². The Morgan fingerprint density at radius 2 is 2.50 bits per heavy atom. The summed E-state index contributed by atoms with van der Waals surface area (Å²) in [7, 11) is 0. The first-order valence-electron chi connectivity index (χ1n) is 2.74. The summed E-state index contributed by atoms with van der Waals surface area (Å²) in [6, 6.07) is 0. The monoisotopic (exact) mass is 110 g/mol. The molecule has 2 heteroatoms. The minimum absolute atomic E-state index is 0.168. The SMILES string of the molecule is CC1(C)CC=N[C]N1. The van der Waals surface area contributed by atoms with Crippen LogP contribution in [0.15, 0.2) is 4.99 Å². The largest absolute Gasteiger partial charge is 0.281 e. The highest BCUT2D eigenvalue weighted by Crippen LogP contribution is 2.09. The van der Waals surface area contributed by atoms with E-state index in [0.29, 0.717) is 0 Å². The van der Waals surface area contributed by atoms with Crippen molar-refractivity contribution < 1.29 is 0 Å². The Morgan fingerprint density at radius 3 is 2.75 bits per heavy atom. The maximum atomic E-state index is 3.79. The van der Waals surface area contributed by atoms with Gasteiger partial charge in [0.05, 0.1) is 0 Å². The van der Waals surface area contributed by atoms with Crippen LogP contribution in [0.5, 0.6) is 0 Å². The van der Waals surface area contributed by atoms with E-state index in [-0.39, 0.29) is 5.54 Å². The van der Waals surface area contributed by atoms with Gasteiger partial charge in [-0.15, -0.1) is 0 Å². The molecule has 0 unspecified atom stereocenters. The van der Waals surface area contributed by atoms with Gasteiger partial charge in [0, 0.05) is 18.2 Å². The Kier molecular flexibility index (Phi) is 1.34. The van der Waals surface area contributed by atoms with Gasteiger partial charge in [0.25, 0.3) is 0 Å². The lowest BCUT2D eigenvalue weighted by Crippen LogP contribution is -2.39. The summed E-state index contributed by atoms with van der Waals surface area (Å²) in [6.07, 6.45) is 2.86. The van der Waals surface area contributed by atoms with Crippen molar-refractivity contribution >= 4 is 6.21 Å². The molecule has 1 heterocycles. The highest BCUT2D eigenvalue weighted by molar-refractivity contribution is 5.60. The van der Waals surface area contributed by atoms with Gasteiger partial charge in [0.2, 0.25) is 0 Å². The normalized spacial score (nSPS) is 25.8. The Bertz CT molecular complexity index is 105. The number of hydrogen-bond acceptors (Lipinski definition) is 2. The molecule has 0 aromatic carbocycles. The van der Waals surface area contributed by atoms with Crippen LogP contribution in [0.2, 0.25) is 0 Å². The van der Waals surface area contributed by atoms with Crippen molar-refractivity contribution in [1.82, 2.24) is 5.32 Å². The van der Waals surface area contributed by atoms with Crippen LogP contribution in [-0.4, -0.2) is 11.8 Å². The lowest BCUT2D eigenvalue weighted by Gasteiger charge is -2.25. The van der Waals surface area contributed by atoms with E-state index >= 15 is 0 Å². The van der Waals surface area contributed by atoms with Crippen molar-refractivity contribution in [2.75, 3.05) is 0 Å². The van der Waals surface area contributed by atoms with Crippen molar-refractivity contribution in [2.45, 2.75) is 25.8 Å². The molecule has 1 rings (SSSR count). The zero-order chi connectivity index (χ0) is 6.04. The average Bonchev–Trinajstić information content (AvgIpc) is 1.65. The van der Waals surface area contributed by atoms with Gasteiger partial charge in [-0.05, 0) is 13.8 Å². The standard InChI is InChI=1S/C6H10N2/c1-6(2)3-4-7-5-8-6/h4,8H,3H2,1-2H3. The fraction of sp³-hybridized carbons (Fsp3) is 0.667. The van der Waals surface area contributed by atoms with Gasteiger partial charge in [0.15, 0.2) is 6.67 Å². The molecular formula is C6H10N2. The van der Waals surface area contributed by atoms with Crippen molar-refractivity contribution in [2.24, 2.45) is 4.99 Å². The zero-order valence-electron chi connectivity index (χ0n) is 5.23. The van der Waals surface area contributed by atoms with E-state index in [9.17, 15) is 0 Å². The molecule has 0 atom stereocenters. The van der Waals surface area contributed by atoms with Crippen LogP contribution >= 0.6 is 0 Å². The maximum absolute atomic E-state index is 3.79. The molecule has 2 radical (unpaired) electrons. The molecule has 8 heavy (non-hydrogen) atoms. The highest BCUT2D eigenvalue weighted by atomic mass is 15.1. The van der Waals surface area contributed by atoms with Crippen LogP contribution in [0.1, 0.15) is 20.3 Å². The second-order valence-electron chi connectivity index (χ2n) is 2.64. The first-order chi connectivity index (χ1) is 3.71. The van der Waals surface area contributed by atoms with Gasteiger partial charge < -0.3 is 0 Å². The van der Waals surface area contributed by atoms with Gasteiger partial charge in [-0.3, -0.25) is 10.3 Å². The molecule has 0 aromatic rings. The lowest BCUT2D eigenvalue weighted by molar-refractivity contribution is 0.430. The molecular weight excluding hydrogens is 100 g/mol. The van der Waals surface area contributed by atoms with Crippen molar-refractivity contribution in [3.63, 3.8) is 0 Å². The average molecular weight is 110 g/mol. The number of nitrogens with zero attached hydrogens (tertiary/aromatic N) is 1. The molecule has 0 aliphatic carbocycles. The summed E-state index contributed by atoms with van der Waals surface area (Å²) in [5.41, 5.74) is 0.168. The summed E-state index contributed by atoms with van der Waals surface area (Å²) in [5.74, 6) is 0. The van der Waals surface area contributed by atoms with Crippen LogP contribution in [0, 0.1) is 6.67 Å². The third kappa shape index (κ3) is 1.30. The second-order valence-corrected chi connectivity index (χ2v) is 2.64. The molecule has 1 aliphatic heterocycles. The summed E-state index contributed by atoms with van der Waals surface area (Å²) in [4.78, 5) is 3.79. The predicted octanol–water partition coefficient (Wildman–Crippen LogP) is 0.825. The number of hydrogen-bond donors (Lipinski definition) is 1. The molecule has 0 amide bonds. The van der Waals surface area contributed by atoms with Crippen LogP contribution in [0.4, 0.5) is 0 Å². The molecule has 0 spiro atoms. The van der Waals surface area contributed by atoms with Crippen LogP contribution in [0.25, 0.3) is 0 Å². The first kappa shape index (κ1) is 5.76. The van der Waals surface area contributed by atoms with Gasteiger partial charge in [0.1, 0.15) is 0 Å². The Balaban J connectivity index is 2.50. The second kappa shape index (κ2) is 1.86. The number of rotatable bonds is 0. The molecule has 0 bridgehead atoms. The predicted molar refractivity (Wildman–Crippen MR) is 33.6 cm³/mol. The van der Waals surface area contributed by atoms with E-state index in [1.54, 1.807) is 0 Å². The molecule has 0 saturated heterocycles. The minimum Gasteiger partial charge on any atom is -0.281 e. The molecule has 0 saturated carbocycles. The fourth-order valence-electron chi connectivity index (χ4n) is 0.554. The highest BCUT2D eigenvalue weighted by Gasteiger charge is 2.17. The van der Waals surface area contributed by atoms with Crippen LogP contribution in [0.3, 0.4) is 0 Å². The quantitative estimate of drug-likeness (QED) is 0.490. The van der Waals surface area contributed by atoms with Crippen molar-refractivity contribution in [1.29, 1.82) is 0 Å². The van der Waals surface area contributed by atoms with Crippen LogP contribution in [-0.2, 0) is 0 Å². The molecule has 0 aromatic heterocycles. The molecule has 44 valence electrons. The zero-order valence-corrected chi connectivity index (χ0v) is 5.23. The fourth-order valence-corrected chi connectivity index (χ4v) is 0.554. The van der Waals surface area contributed by atoms with Crippen LogP contribution < -0.4 is 5.32 Å². The lowest BCUT2D eigenvalue weighted by atomic mass is 10.0. The summed E-state index contributed by atoms with van der Waals surface area (Å²) in [6.45, 7) is 6.93. The Hall–Kier alpha value is -0.370. The van der Waals surface area contributed by atoms with Gasteiger partial charge in [-0.25, -0.2) is 0 Å². The molecule has 0 fully saturated rings. The van der Waals surface area contributed by atoms with Gasteiger partial charge in [-0.2, -0.15) is 0 Å². The van der Waals surface area contributed by atoms with E-state index in [4.69, 9.17) is 0 Å². The summed E-state index contributed by atoms with van der Waals surface area (Å²) >= 11 is 0. The van der Waals surface area contributed by atoms with Gasteiger partial charge in [-0.1, -0.05) is 0 Å². The topological polar surface area (TPSA) is 24.4 Å². The van der Waals surface area contributed by atoms with E-state index in [0.717, 1.165) is 6.42 Å².